The molecule has 0 atom stereocenters. The fraction of sp³-hybridized carbons (Fsp3) is 0.263. The van der Waals surface area contributed by atoms with Crippen molar-refractivity contribution >= 4 is 21.8 Å². The number of carbonyl (C=O) groups is 2. The highest BCUT2D eigenvalue weighted by Gasteiger charge is 2.29. The molecule has 0 spiro atoms. The van der Waals surface area contributed by atoms with E-state index >= 15 is 0 Å². The van der Waals surface area contributed by atoms with E-state index < -0.39 is 33.5 Å². The standard InChI is InChI=1S/C19H19F2N3O4S/c1-23(11-13-5-6-16(20)17(21)9-13)19(26)14-3-2-4-15(10-14)29(27,28)24-8-7-22-18(25)12-24/h2-6,9-10H,7-8,11-12H2,1H3,(H,22,25). The van der Waals surface area contributed by atoms with Crippen LogP contribution in [0.15, 0.2) is 47.4 Å². The number of carbonyl (C=O) groups excluding carboxylic acids is 2. The molecule has 0 aromatic heterocycles. The second-order valence-corrected chi connectivity index (χ2v) is 8.56. The lowest BCUT2D eigenvalue weighted by molar-refractivity contribution is -0.122. The molecule has 3 rings (SSSR count). The Bertz CT molecular complexity index is 1060. The second kappa shape index (κ2) is 8.26. The molecular weight excluding hydrogens is 404 g/mol. The van der Waals surface area contributed by atoms with Gasteiger partial charge in [-0.3, -0.25) is 9.59 Å². The van der Waals surface area contributed by atoms with Crippen molar-refractivity contribution < 1.29 is 26.8 Å². The number of benzene rings is 2. The molecule has 2 aromatic carbocycles. The van der Waals surface area contributed by atoms with Crippen LogP contribution in [0.4, 0.5) is 8.78 Å². The van der Waals surface area contributed by atoms with Crippen LogP contribution in [0.5, 0.6) is 0 Å². The predicted molar refractivity (Wildman–Crippen MR) is 100 cm³/mol. The molecule has 1 saturated heterocycles. The number of rotatable bonds is 5. The van der Waals surface area contributed by atoms with Gasteiger partial charge in [-0.05, 0) is 35.9 Å². The van der Waals surface area contributed by atoms with Crippen molar-refractivity contribution in [3.63, 3.8) is 0 Å². The maximum Gasteiger partial charge on any atom is 0.253 e. The lowest BCUT2D eigenvalue weighted by Crippen LogP contribution is -2.49. The third-order valence-corrected chi connectivity index (χ3v) is 6.31. The van der Waals surface area contributed by atoms with Crippen molar-refractivity contribution in [1.82, 2.24) is 14.5 Å². The minimum Gasteiger partial charge on any atom is -0.354 e. The Morgan fingerprint density at radius 1 is 1.17 bits per heavy atom. The quantitative estimate of drug-likeness (QED) is 0.787. The first-order valence-electron chi connectivity index (χ1n) is 8.75. The number of piperazine rings is 1. The van der Waals surface area contributed by atoms with E-state index in [1.165, 1.54) is 42.3 Å². The third-order valence-electron chi connectivity index (χ3n) is 4.47. The molecule has 0 radical (unpaired) electrons. The van der Waals surface area contributed by atoms with Crippen LogP contribution in [0.3, 0.4) is 0 Å². The zero-order valence-electron chi connectivity index (χ0n) is 15.6. The smallest absolute Gasteiger partial charge is 0.253 e. The van der Waals surface area contributed by atoms with Crippen LogP contribution in [-0.4, -0.2) is 56.1 Å². The van der Waals surface area contributed by atoms with Crippen LogP contribution >= 0.6 is 0 Å². The summed E-state index contributed by atoms with van der Waals surface area (Å²) in [4.78, 5) is 25.4. The monoisotopic (exact) mass is 423 g/mol. The molecule has 2 amide bonds. The largest absolute Gasteiger partial charge is 0.354 e. The first kappa shape index (κ1) is 20.9. The third kappa shape index (κ3) is 4.60. The van der Waals surface area contributed by atoms with E-state index in [-0.39, 0.29) is 36.6 Å². The highest BCUT2D eigenvalue weighted by atomic mass is 32.2. The van der Waals surface area contributed by atoms with Gasteiger partial charge in [0.2, 0.25) is 15.9 Å². The Kier molecular flexibility index (Phi) is 5.94. The molecule has 154 valence electrons. The first-order chi connectivity index (χ1) is 13.7. The Morgan fingerprint density at radius 3 is 2.62 bits per heavy atom. The lowest BCUT2D eigenvalue weighted by atomic mass is 10.1. The first-order valence-corrected chi connectivity index (χ1v) is 10.2. The van der Waals surface area contributed by atoms with Crippen molar-refractivity contribution in [1.29, 1.82) is 0 Å². The summed E-state index contributed by atoms with van der Waals surface area (Å²) in [7, 11) is -2.46. The molecule has 7 nitrogen and oxygen atoms in total. The summed E-state index contributed by atoms with van der Waals surface area (Å²) in [6.07, 6.45) is 0. The zero-order chi connectivity index (χ0) is 21.2. The summed E-state index contributed by atoms with van der Waals surface area (Å²) in [5.74, 6) is -2.87. The highest BCUT2D eigenvalue weighted by molar-refractivity contribution is 7.89. The van der Waals surface area contributed by atoms with E-state index in [0.717, 1.165) is 16.4 Å². The molecule has 0 unspecified atom stereocenters. The van der Waals surface area contributed by atoms with Gasteiger partial charge in [0.25, 0.3) is 5.91 Å². The predicted octanol–water partition coefficient (Wildman–Crippen LogP) is 1.36. The summed E-state index contributed by atoms with van der Waals surface area (Å²) >= 11 is 0. The summed E-state index contributed by atoms with van der Waals surface area (Å²) in [6.45, 7) is 0.0891. The van der Waals surface area contributed by atoms with Crippen molar-refractivity contribution in [2.45, 2.75) is 11.4 Å². The van der Waals surface area contributed by atoms with E-state index in [0.29, 0.717) is 5.56 Å². The van der Waals surface area contributed by atoms with Crippen molar-refractivity contribution in [2.75, 3.05) is 26.7 Å². The van der Waals surface area contributed by atoms with E-state index in [1.54, 1.807) is 0 Å². The maximum absolute atomic E-state index is 13.4. The van der Waals surface area contributed by atoms with Crippen LogP contribution in [0, 0.1) is 11.6 Å². The maximum atomic E-state index is 13.4. The fourth-order valence-corrected chi connectivity index (χ4v) is 4.41. The van der Waals surface area contributed by atoms with Crippen molar-refractivity contribution in [3.05, 3.63) is 65.2 Å². The van der Waals surface area contributed by atoms with Crippen molar-refractivity contribution in [3.8, 4) is 0 Å². The van der Waals surface area contributed by atoms with Gasteiger partial charge in [0.1, 0.15) is 0 Å². The van der Waals surface area contributed by atoms with Gasteiger partial charge < -0.3 is 10.2 Å². The Labute approximate surface area is 167 Å². The van der Waals surface area contributed by atoms with E-state index in [2.05, 4.69) is 5.32 Å². The van der Waals surface area contributed by atoms with Crippen LogP contribution in [-0.2, 0) is 21.4 Å². The van der Waals surface area contributed by atoms with Gasteiger partial charge in [-0.1, -0.05) is 12.1 Å². The molecule has 1 N–H and O–H groups in total. The van der Waals surface area contributed by atoms with E-state index in [1.807, 2.05) is 0 Å². The molecule has 2 aromatic rings. The Balaban J connectivity index is 1.79. The van der Waals surface area contributed by atoms with Crippen LogP contribution in [0.2, 0.25) is 0 Å². The Morgan fingerprint density at radius 2 is 1.93 bits per heavy atom. The van der Waals surface area contributed by atoms with Gasteiger partial charge in [-0.25, -0.2) is 17.2 Å². The van der Waals surface area contributed by atoms with Gasteiger partial charge in [0.05, 0.1) is 11.4 Å². The second-order valence-electron chi connectivity index (χ2n) is 6.63. The average molecular weight is 423 g/mol. The van der Waals surface area contributed by atoms with Crippen LogP contribution in [0.1, 0.15) is 15.9 Å². The summed E-state index contributed by atoms with van der Waals surface area (Å²) in [6, 6.07) is 8.85. The lowest BCUT2D eigenvalue weighted by Gasteiger charge is -2.26. The number of hydrogen-bond acceptors (Lipinski definition) is 4. The molecule has 1 heterocycles. The number of sulfonamides is 1. The van der Waals surface area contributed by atoms with E-state index in [9.17, 15) is 26.8 Å². The molecule has 1 aliphatic rings. The summed E-state index contributed by atoms with van der Waals surface area (Å²) < 4.78 is 53.0. The summed E-state index contributed by atoms with van der Waals surface area (Å²) in [5.41, 5.74) is 0.514. The zero-order valence-corrected chi connectivity index (χ0v) is 16.4. The average Bonchev–Trinajstić information content (AvgIpc) is 2.70. The highest BCUT2D eigenvalue weighted by Crippen LogP contribution is 2.19. The van der Waals surface area contributed by atoms with Gasteiger partial charge in [0.15, 0.2) is 11.6 Å². The molecule has 0 aliphatic carbocycles. The van der Waals surface area contributed by atoms with Gasteiger partial charge >= 0.3 is 0 Å². The fourth-order valence-electron chi connectivity index (χ4n) is 2.96. The molecule has 0 bridgehead atoms. The molecule has 10 heteroatoms. The van der Waals surface area contributed by atoms with Gasteiger partial charge in [-0.2, -0.15) is 4.31 Å². The number of amides is 2. The van der Waals surface area contributed by atoms with Crippen molar-refractivity contribution in [2.24, 2.45) is 0 Å². The number of hydrogen-bond donors (Lipinski definition) is 1. The van der Waals surface area contributed by atoms with Crippen LogP contribution in [0.25, 0.3) is 0 Å². The normalized spacial score (nSPS) is 15.1. The van der Waals surface area contributed by atoms with Crippen LogP contribution < -0.4 is 5.32 Å². The SMILES string of the molecule is CN(Cc1ccc(F)c(F)c1)C(=O)c1cccc(S(=O)(=O)N2CCNC(=O)C2)c1. The van der Waals surface area contributed by atoms with E-state index in [4.69, 9.17) is 0 Å². The van der Waals surface area contributed by atoms with Gasteiger partial charge in [0, 0.05) is 32.2 Å². The van der Waals surface area contributed by atoms with Gasteiger partial charge in [-0.15, -0.1) is 0 Å². The molecule has 1 fully saturated rings. The minimum atomic E-state index is -3.94. The summed E-state index contributed by atoms with van der Waals surface area (Å²) in [5, 5.41) is 2.55. The molecular formula is C19H19F2N3O4S. The molecule has 1 aliphatic heterocycles. The topological polar surface area (TPSA) is 86.8 Å². The minimum absolute atomic E-state index is 0.0132. The number of nitrogens with one attached hydrogen (secondary N) is 1. The molecule has 0 saturated carbocycles. The molecule has 29 heavy (non-hydrogen) atoms. The Hall–Kier alpha value is -2.85. The number of nitrogens with zero attached hydrogens (tertiary/aromatic N) is 2. The number of halogens is 2.